The van der Waals surface area contributed by atoms with Gasteiger partial charge in [-0.1, -0.05) is 32.0 Å². The largest absolute Gasteiger partial charge is 0.490 e. The highest BCUT2D eigenvalue weighted by Crippen LogP contribution is 2.25. The molecule has 2 rings (SSSR count). The molecule has 1 aromatic carbocycles. The van der Waals surface area contributed by atoms with E-state index in [1.54, 1.807) is 0 Å². The minimum absolute atomic E-state index is 0.372. The van der Waals surface area contributed by atoms with E-state index < -0.39 is 0 Å². The molecule has 0 amide bonds. The molecule has 0 saturated carbocycles. The molecular weight excluding hydrogens is 250 g/mol. The van der Waals surface area contributed by atoms with Crippen LogP contribution in [-0.4, -0.2) is 37.5 Å². The first-order chi connectivity index (χ1) is 9.66. The molecule has 0 unspecified atom stereocenters. The van der Waals surface area contributed by atoms with Gasteiger partial charge in [0.2, 0.25) is 0 Å². The van der Waals surface area contributed by atoms with Gasteiger partial charge in [-0.3, -0.25) is 0 Å². The minimum atomic E-state index is -0.372. The number of likely N-dealkylation sites (tertiary alicyclic amines) is 1. The summed E-state index contributed by atoms with van der Waals surface area (Å²) < 4.78 is 5.84. The van der Waals surface area contributed by atoms with Crippen LogP contribution < -0.4 is 9.64 Å². The molecule has 112 valence electrons. The maximum Gasteiger partial charge on any atom is 0.137 e. The van der Waals surface area contributed by atoms with E-state index in [9.17, 15) is 5.11 Å². The zero-order valence-electron chi connectivity index (χ0n) is 12.8. The SMILES string of the molecule is CC(C)c1ccccc1OC[C@H](O)C[NH+]1CCCCC1. The third-order valence-electron chi connectivity index (χ3n) is 4.06. The fourth-order valence-corrected chi connectivity index (χ4v) is 2.92. The normalized spacial score (nSPS) is 18.2. The van der Waals surface area contributed by atoms with E-state index in [0.717, 1.165) is 12.3 Å². The first-order valence-electron chi connectivity index (χ1n) is 7.90. The molecule has 1 atom stereocenters. The zero-order valence-corrected chi connectivity index (χ0v) is 12.8. The third-order valence-corrected chi connectivity index (χ3v) is 4.06. The molecule has 1 saturated heterocycles. The Hall–Kier alpha value is -1.06. The fourth-order valence-electron chi connectivity index (χ4n) is 2.92. The summed E-state index contributed by atoms with van der Waals surface area (Å²) in [6.07, 6.45) is 3.55. The van der Waals surface area contributed by atoms with Crippen molar-refractivity contribution >= 4 is 0 Å². The average Bonchev–Trinajstić information content (AvgIpc) is 2.46. The number of para-hydroxylation sites is 1. The van der Waals surface area contributed by atoms with Crippen LogP contribution in [0.5, 0.6) is 5.75 Å². The molecule has 1 aliphatic rings. The number of rotatable bonds is 6. The van der Waals surface area contributed by atoms with Crippen LogP contribution >= 0.6 is 0 Å². The quantitative estimate of drug-likeness (QED) is 0.829. The predicted molar refractivity (Wildman–Crippen MR) is 81.4 cm³/mol. The van der Waals surface area contributed by atoms with Crippen molar-refractivity contribution < 1.29 is 14.7 Å². The lowest BCUT2D eigenvalue weighted by Crippen LogP contribution is -3.14. The molecular formula is C17H28NO2+. The number of aliphatic hydroxyl groups is 1. The molecule has 3 nitrogen and oxygen atoms in total. The zero-order chi connectivity index (χ0) is 14.4. The van der Waals surface area contributed by atoms with Gasteiger partial charge >= 0.3 is 0 Å². The van der Waals surface area contributed by atoms with Gasteiger partial charge in [0.1, 0.15) is 25.0 Å². The third kappa shape index (κ3) is 4.50. The van der Waals surface area contributed by atoms with Gasteiger partial charge in [-0.15, -0.1) is 0 Å². The molecule has 0 radical (unpaired) electrons. The Bertz CT molecular complexity index is 400. The second-order valence-electron chi connectivity index (χ2n) is 6.17. The van der Waals surface area contributed by atoms with Crippen LogP contribution in [0, 0.1) is 0 Å². The summed E-state index contributed by atoms with van der Waals surface area (Å²) in [6.45, 7) is 7.92. The molecule has 2 N–H and O–H groups in total. The van der Waals surface area contributed by atoms with Gasteiger partial charge in [0.05, 0.1) is 13.1 Å². The van der Waals surface area contributed by atoms with Crippen molar-refractivity contribution in [2.75, 3.05) is 26.2 Å². The van der Waals surface area contributed by atoms with Crippen LogP contribution in [0.15, 0.2) is 24.3 Å². The van der Waals surface area contributed by atoms with Crippen LogP contribution in [0.4, 0.5) is 0 Å². The number of piperidine rings is 1. The molecule has 3 heteroatoms. The first kappa shape index (κ1) is 15.3. The summed E-state index contributed by atoms with van der Waals surface area (Å²) in [6, 6.07) is 8.12. The number of benzene rings is 1. The van der Waals surface area contributed by atoms with Crippen LogP contribution in [-0.2, 0) is 0 Å². The van der Waals surface area contributed by atoms with Crippen molar-refractivity contribution in [3.05, 3.63) is 29.8 Å². The molecule has 1 aliphatic heterocycles. The fraction of sp³-hybridized carbons (Fsp3) is 0.647. The number of ether oxygens (including phenoxy) is 1. The monoisotopic (exact) mass is 278 g/mol. The summed E-state index contributed by atoms with van der Waals surface area (Å²) in [7, 11) is 0. The number of hydrogen-bond donors (Lipinski definition) is 2. The van der Waals surface area contributed by atoms with E-state index >= 15 is 0 Å². The Labute approximate surface area is 122 Å². The second-order valence-corrected chi connectivity index (χ2v) is 6.17. The lowest BCUT2D eigenvalue weighted by molar-refractivity contribution is -0.908. The smallest absolute Gasteiger partial charge is 0.137 e. The molecule has 20 heavy (non-hydrogen) atoms. The van der Waals surface area contributed by atoms with Gasteiger partial charge in [0, 0.05) is 0 Å². The van der Waals surface area contributed by atoms with Crippen molar-refractivity contribution in [3.63, 3.8) is 0 Å². The van der Waals surface area contributed by atoms with Crippen LogP contribution in [0.1, 0.15) is 44.6 Å². The number of hydrogen-bond acceptors (Lipinski definition) is 2. The summed E-state index contributed by atoms with van der Waals surface area (Å²) >= 11 is 0. The van der Waals surface area contributed by atoms with E-state index in [4.69, 9.17) is 4.74 Å². The summed E-state index contributed by atoms with van der Waals surface area (Å²) in [5, 5.41) is 10.1. The molecule has 0 bridgehead atoms. The van der Waals surface area contributed by atoms with Crippen molar-refractivity contribution in [2.24, 2.45) is 0 Å². The van der Waals surface area contributed by atoms with Crippen LogP contribution in [0.2, 0.25) is 0 Å². The summed E-state index contributed by atoms with van der Waals surface area (Å²) in [5.74, 6) is 1.35. The van der Waals surface area contributed by atoms with Gasteiger partial charge in [0.25, 0.3) is 0 Å². The standard InChI is InChI=1S/C17H27NO2/c1-14(2)16-8-4-5-9-17(16)20-13-15(19)12-18-10-6-3-7-11-18/h4-5,8-9,14-15,19H,3,6-7,10-13H2,1-2H3/p+1/t15-/m1/s1. The van der Waals surface area contributed by atoms with Gasteiger partial charge in [0.15, 0.2) is 0 Å². The van der Waals surface area contributed by atoms with Crippen LogP contribution in [0.3, 0.4) is 0 Å². The van der Waals surface area contributed by atoms with Crippen LogP contribution in [0.25, 0.3) is 0 Å². The Balaban J connectivity index is 1.82. The van der Waals surface area contributed by atoms with E-state index in [0.29, 0.717) is 12.5 Å². The molecule has 1 aromatic rings. The molecule has 0 spiro atoms. The highest BCUT2D eigenvalue weighted by molar-refractivity contribution is 5.35. The highest BCUT2D eigenvalue weighted by atomic mass is 16.5. The van der Waals surface area contributed by atoms with Gasteiger partial charge in [-0.25, -0.2) is 0 Å². The van der Waals surface area contributed by atoms with E-state index in [1.165, 1.54) is 42.8 Å². The van der Waals surface area contributed by atoms with Crippen molar-refractivity contribution in [1.29, 1.82) is 0 Å². The number of quaternary nitrogens is 1. The lowest BCUT2D eigenvalue weighted by Gasteiger charge is -2.25. The number of nitrogens with one attached hydrogen (secondary N) is 1. The summed E-state index contributed by atoms with van der Waals surface area (Å²) in [4.78, 5) is 1.52. The van der Waals surface area contributed by atoms with Crippen molar-refractivity contribution in [3.8, 4) is 5.75 Å². The maximum atomic E-state index is 10.1. The lowest BCUT2D eigenvalue weighted by atomic mass is 10.0. The molecule has 1 heterocycles. The highest BCUT2D eigenvalue weighted by Gasteiger charge is 2.18. The van der Waals surface area contributed by atoms with E-state index in [1.807, 2.05) is 18.2 Å². The van der Waals surface area contributed by atoms with Gasteiger partial charge in [-0.2, -0.15) is 0 Å². The predicted octanol–water partition coefficient (Wildman–Crippen LogP) is 1.62. The van der Waals surface area contributed by atoms with E-state index in [-0.39, 0.29) is 6.10 Å². The Kier molecular flexibility index (Phi) is 5.86. The topological polar surface area (TPSA) is 33.9 Å². The molecule has 0 aromatic heterocycles. The van der Waals surface area contributed by atoms with Crippen molar-refractivity contribution in [2.45, 2.75) is 45.1 Å². The second kappa shape index (κ2) is 7.65. The molecule has 1 fully saturated rings. The maximum absolute atomic E-state index is 10.1. The molecule has 0 aliphatic carbocycles. The van der Waals surface area contributed by atoms with E-state index in [2.05, 4.69) is 19.9 Å². The van der Waals surface area contributed by atoms with Crippen molar-refractivity contribution in [1.82, 2.24) is 0 Å². The first-order valence-corrected chi connectivity index (χ1v) is 7.90. The Morgan fingerprint density at radius 1 is 1.15 bits per heavy atom. The Morgan fingerprint density at radius 3 is 2.55 bits per heavy atom. The number of aliphatic hydroxyl groups excluding tert-OH is 1. The summed E-state index contributed by atoms with van der Waals surface area (Å²) in [5.41, 5.74) is 1.21. The van der Waals surface area contributed by atoms with Gasteiger partial charge < -0.3 is 14.7 Å². The average molecular weight is 278 g/mol. The minimum Gasteiger partial charge on any atom is -0.490 e. The Morgan fingerprint density at radius 2 is 1.85 bits per heavy atom. The van der Waals surface area contributed by atoms with Gasteiger partial charge in [-0.05, 0) is 36.8 Å².